The minimum atomic E-state index is -0.237. The molecule has 0 saturated heterocycles. The van der Waals surface area contributed by atoms with E-state index in [1.165, 1.54) is 12.1 Å². The third kappa shape index (κ3) is 4.79. The van der Waals surface area contributed by atoms with Crippen LogP contribution in [0.3, 0.4) is 0 Å². The molecule has 3 heteroatoms. The number of hydrogen-bond donors (Lipinski definition) is 1. The lowest BCUT2D eigenvalue weighted by molar-refractivity contribution is 0.217. The van der Waals surface area contributed by atoms with E-state index in [2.05, 4.69) is 12.2 Å². The third-order valence-corrected chi connectivity index (χ3v) is 2.01. The van der Waals surface area contributed by atoms with Gasteiger partial charge in [0, 0.05) is 6.54 Å². The number of hydrogen-bond acceptors (Lipinski definition) is 2. The first kappa shape index (κ1) is 12.0. The van der Waals surface area contributed by atoms with Gasteiger partial charge >= 0.3 is 0 Å². The van der Waals surface area contributed by atoms with Gasteiger partial charge in [0.1, 0.15) is 17.7 Å². The van der Waals surface area contributed by atoms with Gasteiger partial charge in [0.15, 0.2) is 0 Å². The maximum absolute atomic E-state index is 12.6. The predicted molar refractivity (Wildman–Crippen MR) is 59.7 cm³/mol. The molecule has 0 radical (unpaired) electrons. The summed E-state index contributed by atoms with van der Waals surface area (Å²) in [5.74, 6) is 0.473. The molecule has 1 N–H and O–H groups in total. The Balaban J connectivity index is 2.31. The van der Waals surface area contributed by atoms with E-state index in [-0.39, 0.29) is 11.9 Å². The highest BCUT2D eigenvalue weighted by atomic mass is 19.1. The van der Waals surface area contributed by atoms with Crippen molar-refractivity contribution in [2.75, 3.05) is 13.1 Å². The van der Waals surface area contributed by atoms with Crippen LogP contribution < -0.4 is 10.1 Å². The van der Waals surface area contributed by atoms with Crippen LogP contribution in [0.2, 0.25) is 0 Å². The van der Waals surface area contributed by atoms with Gasteiger partial charge in [-0.2, -0.15) is 0 Å². The quantitative estimate of drug-likeness (QED) is 0.730. The van der Waals surface area contributed by atoms with Crippen LogP contribution in [0.5, 0.6) is 5.75 Å². The van der Waals surface area contributed by atoms with Crippen LogP contribution in [0.4, 0.5) is 4.39 Å². The molecule has 1 rings (SSSR count). The van der Waals surface area contributed by atoms with E-state index >= 15 is 0 Å². The molecule has 0 bridgehead atoms. The fourth-order valence-corrected chi connectivity index (χ4v) is 1.27. The maximum atomic E-state index is 12.6. The molecular formula is C12H18FNO. The Hall–Kier alpha value is -1.09. The van der Waals surface area contributed by atoms with Crippen LogP contribution in [0.25, 0.3) is 0 Å². The molecular weight excluding hydrogens is 193 g/mol. The fraction of sp³-hybridized carbons (Fsp3) is 0.500. The number of benzene rings is 1. The highest BCUT2D eigenvalue weighted by molar-refractivity contribution is 5.22. The zero-order valence-electron chi connectivity index (χ0n) is 9.29. The van der Waals surface area contributed by atoms with E-state index in [0.29, 0.717) is 5.75 Å². The standard InChI is InChI=1S/C12H18FNO/c1-3-8-14-9-10(2)15-12-6-4-11(13)5-7-12/h4-7,10,14H,3,8-9H2,1-2H3. The minimum absolute atomic E-state index is 0.0991. The largest absolute Gasteiger partial charge is 0.489 e. The lowest BCUT2D eigenvalue weighted by Gasteiger charge is -2.15. The van der Waals surface area contributed by atoms with Gasteiger partial charge in [0.25, 0.3) is 0 Å². The second-order valence-corrected chi connectivity index (χ2v) is 3.59. The summed E-state index contributed by atoms with van der Waals surface area (Å²) in [6, 6.07) is 6.10. The summed E-state index contributed by atoms with van der Waals surface area (Å²) in [5, 5.41) is 3.27. The summed E-state index contributed by atoms with van der Waals surface area (Å²) in [6.45, 7) is 5.92. The van der Waals surface area contributed by atoms with Crippen LogP contribution in [0.15, 0.2) is 24.3 Å². The average molecular weight is 211 g/mol. The van der Waals surface area contributed by atoms with Crippen LogP contribution >= 0.6 is 0 Å². The van der Waals surface area contributed by atoms with Crippen LogP contribution in [-0.4, -0.2) is 19.2 Å². The number of rotatable bonds is 6. The van der Waals surface area contributed by atoms with Crippen molar-refractivity contribution in [2.45, 2.75) is 26.4 Å². The van der Waals surface area contributed by atoms with Crippen molar-refractivity contribution in [1.82, 2.24) is 5.32 Å². The zero-order chi connectivity index (χ0) is 11.1. The van der Waals surface area contributed by atoms with E-state index in [4.69, 9.17) is 4.74 Å². The summed E-state index contributed by atoms with van der Waals surface area (Å²) in [4.78, 5) is 0. The molecule has 0 spiro atoms. The molecule has 0 fully saturated rings. The molecule has 1 aromatic rings. The molecule has 0 aromatic heterocycles. The molecule has 0 amide bonds. The Morgan fingerprint density at radius 3 is 2.60 bits per heavy atom. The van der Waals surface area contributed by atoms with E-state index in [0.717, 1.165) is 19.5 Å². The van der Waals surface area contributed by atoms with Crippen LogP contribution in [-0.2, 0) is 0 Å². The average Bonchev–Trinajstić information content (AvgIpc) is 2.22. The first-order valence-corrected chi connectivity index (χ1v) is 5.35. The summed E-state index contributed by atoms with van der Waals surface area (Å²) in [5.41, 5.74) is 0. The van der Waals surface area contributed by atoms with Gasteiger partial charge in [0.05, 0.1) is 0 Å². The third-order valence-electron chi connectivity index (χ3n) is 2.01. The molecule has 2 nitrogen and oxygen atoms in total. The monoisotopic (exact) mass is 211 g/mol. The number of halogens is 1. The Kier molecular flexibility index (Phi) is 5.12. The Morgan fingerprint density at radius 2 is 2.00 bits per heavy atom. The molecule has 0 heterocycles. The summed E-state index contributed by atoms with van der Waals surface area (Å²) in [6.07, 6.45) is 1.21. The SMILES string of the molecule is CCCNCC(C)Oc1ccc(F)cc1. The van der Waals surface area contributed by atoms with Crippen LogP contribution in [0.1, 0.15) is 20.3 Å². The summed E-state index contributed by atoms with van der Waals surface area (Å²) >= 11 is 0. The van der Waals surface area contributed by atoms with Gasteiger partial charge in [0.2, 0.25) is 0 Å². The highest BCUT2D eigenvalue weighted by Gasteiger charge is 2.02. The van der Waals surface area contributed by atoms with Gasteiger partial charge in [-0.3, -0.25) is 0 Å². The van der Waals surface area contributed by atoms with Crippen molar-refractivity contribution >= 4 is 0 Å². The molecule has 15 heavy (non-hydrogen) atoms. The van der Waals surface area contributed by atoms with Crippen molar-refractivity contribution in [3.05, 3.63) is 30.1 Å². The fourth-order valence-electron chi connectivity index (χ4n) is 1.27. The lowest BCUT2D eigenvalue weighted by Crippen LogP contribution is -2.29. The maximum Gasteiger partial charge on any atom is 0.123 e. The molecule has 84 valence electrons. The van der Waals surface area contributed by atoms with Gasteiger partial charge in [-0.15, -0.1) is 0 Å². The normalized spacial score (nSPS) is 12.5. The van der Waals surface area contributed by atoms with Crippen LogP contribution in [0, 0.1) is 5.82 Å². The zero-order valence-corrected chi connectivity index (χ0v) is 9.29. The molecule has 1 unspecified atom stereocenters. The number of ether oxygens (including phenoxy) is 1. The first-order chi connectivity index (χ1) is 7.22. The van der Waals surface area contributed by atoms with Crippen molar-refractivity contribution in [3.63, 3.8) is 0 Å². The molecule has 1 aromatic carbocycles. The molecule has 0 aliphatic carbocycles. The van der Waals surface area contributed by atoms with Gasteiger partial charge < -0.3 is 10.1 Å². The Bertz CT molecular complexity index is 273. The van der Waals surface area contributed by atoms with Crippen molar-refractivity contribution < 1.29 is 9.13 Å². The predicted octanol–water partition coefficient (Wildman–Crippen LogP) is 2.59. The van der Waals surface area contributed by atoms with Gasteiger partial charge in [-0.05, 0) is 44.2 Å². The second-order valence-electron chi connectivity index (χ2n) is 3.59. The van der Waals surface area contributed by atoms with Gasteiger partial charge in [-0.25, -0.2) is 4.39 Å². The summed E-state index contributed by atoms with van der Waals surface area (Å²) < 4.78 is 18.2. The molecule has 1 atom stereocenters. The van der Waals surface area contributed by atoms with Crippen molar-refractivity contribution in [3.8, 4) is 5.75 Å². The smallest absolute Gasteiger partial charge is 0.123 e. The van der Waals surface area contributed by atoms with Crippen molar-refractivity contribution in [1.29, 1.82) is 0 Å². The van der Waals surface area contributed by atoms with Gasteiger partial charge in [-0.1, -0.05) is 6.92 Å². The lowest BCUT2D eigenvalue weighted by atomic mass is 10.3. The Morgan fingerprint density at radius 1 is 1.33 bits per heavy atom. The Labute approximate surface area is 90.4 Å². The number of nitrogens with one attached hydrogen (secondary N) is 1. The van der Waals surface area contributed by atoms with E-state index < -0.39 is 0 Å². The molecule has 0 aliphatic rings. The van der Waals surface area contributed by atoms with E-state index in [9.17, 15) is 4.39 Å². The molecule has 0 aliphatic heterocycles. The topological polar surface area (TPSA) is 21.3 Å². The summed E-state index contributed by atoms with van der Waals surface area (Å²) in [7, 11) is 0. The minimum Gasteiger partial charge on any atom is -0.489 e. The molecule has 0 saturated carbocycles. The van der Waals surface area contributed by atoms with E-state index in [1.807, 2.05) is 6.92 Å². The highest BCUT2D eigenvalue weighted by Crippen LogP contribution is 2.12. The van der Waals surface area contributed by atoms with E-state index in [1.54, 1.807) is 12.1 Å². The second kappa shape index (κ2) is 6.40. The first-order valence-electron chi connectivity index (χ1n) is 5.35. The van der Waals surface area contributed by atoms with Crippen molar-refractivity contribution in [2.24, 2.45) is 0 Å².